The van der Waals surface area contributed by atoms with Crippen LogP contribution in [-0.4, -0.2) is 126 Å². The summed E-state index contributed by atoms with van der Waals surface area (Å²) < 4.78 is 0. The molecule has 0 rings (SSSR count). The van der Waals surface area contributed by atoms with Gasteiger partial charge in [-0.25, -0.2) is 0 Å². The molecule has 0 fully saturated rings. The molecule has 0 spiro atoms. The van der Waals surface area contributed by atoms with E-state index in [1.807, 2.05) is 0 Å². The molecule has 0 unspecified atom stereocenters. The fraction of sp³-hybridized carbons (Fsp3) is 0. The van der Waals surface area contributed by atoms with Gasteiger partial charge in [0.05, 0.1) is 0 Å². The van der Waals surface area contributed by atoms with Crippen molar-refractivity contribution in [3.05, 3.63) is 0 Å². The molecule has 0 heterocycles. The van der Waals surface area contributed by atoms with Crippen LogP contribution in [0.25, 0.3) is 0 Å². The molecule has 0 saturated carbocycles. The van der Waals surface area contributed by atoms with Crippen LogP contribution in [0, 0.1) is 0 Å². The Morgan fingerprint density at radius 3 is 0.444 bits per heavy atom. The predicted molar refractivity (Wildman–Crippen MR) is 56.1 cm³/mol. The molecule has 9 heavy (non-hydrogen) atoms. The van der Waals surface area contributed by atoms with Gasteiger partial charge in [-0.05, 0) is 0 Å². The maximum absolute atomic E-state index is 0. The van der Waals surface area contributed by atoms with Gasteiger partial charge in [0.15, 0.2) is 0 Å². The SMILES string of the molecule is [Ga+3].[Ga+3].[GeH4].[GeH4].[InH3].[InH3].[O-2].[O-2].[O-2]. The molecule has 0 aliphatic rings. The van der Waals surface area contributed by atoms with Crippen molar-refractivity contribution in [3.63, 3.8) is 0 Å². The van der Waals surface area contributed by atoms with Gasteiger partial charge in [-0.2, -0.15) is 0 Å². The summed E-state index contributed by atoms with van der Waals surface area (Å²) in [6.45, 7) is 0. The summed E-state index contributed by atoms with van der Waals surface area (Å²) in [4.78, 5) is 0. The molecule has 0 aliphatic heterocycles. The van der Waals surface area contributed by atoms with E-state index >= 15 is 0 Å². The second kappa shape index (κ2) is 91.2. The molecule has 3 nitrogen and oxygen atoms in total. The van der Waals surface area contributed by atoms with Gasteiger partial charge in [0.2, 0.25) is 0 Å². The number of hydrogen-bond acceptors (Lipinski definition) is 0. The van der Waals surface area contributed by atoms with Gasteiger partial charge >= 0.3 is 126 Å². The third-order valence-electron chi connectivity index (χ3n) is 0. The van der Waals surface area contributed by atoms with Crippen LogP contribution in [0.15, 0.2) is 0 Å². The van der Waals surface area contributed by atoms with Crippen molar-refractivity contribution >= 4 is 126 Å². The molecule has 0 bridgehead atoms. The Balaban J connectivity index is 0. The van der Waals surface area contributed by atoms with E-state index in [0.717, 1.165) is 0 Å². The molecule has 0 saturated heterocycles. The van der Waals surface area contributed by atoms with E-state index in [9.17, 15) is 0 Å². The van der Waals surface area contributed by atoms with Crippen LogP contribution in [0.5, 0.6) is 0 Å². The fourth-order valence-corrected chi connectivity index (χ4v) is 0. The zero-order chi connectivity index (χ0) is 0. The molecular formula is H14Ga2Ge2In2O3. The van der Waals surface area contributed by atoms with Crippen LogP contribution >= 0.6 is 0 Å². The molecule has 0 amide bonds. The van der Waals surface area contributed by atoms with Crippen LogP contribution in [0.1, 0.15) is 0 Å². The maximum Gasteiger partial charge on any atom is -2.00 e. The summed E-state index contributed by atoms with van der Waals surface area (Å²) in [5.41, 5.74) is 0. The van der Waals surface area contributed by atoms with Crippen molar-refractivity contribution in [2.45, 2.75) is 0 Å². The van der Waals surface area contributed by atoms with Crippen LogP contribution in [0.3, 0.4) is 0 Å². The first kappa shape index (κ1) is 118. The summed E-state index contributed by atoms with van der Waals surface area (Å²) in [5, 5.41) is 0. The minimum Gasteiger partial charge on any atom is -2.00 e. The second-order valence-corrected chi connectivity index (χ2v) is 0. The second-order valence-electron chi connectivity index (χ2n) is 0. The van der Waals surface area contributed by atoms with Crippen molar-refractivity contribution < 1.29 is 16.4 Å². The first-order valence-corrected chi connectivity index (χ1v) is 0. The van der Waals surface area contributed by atoms with Gasteiger partial charge in [0.25, 0.3) is 0 Å². The maximum atomic E-state index is 0. The molecule has 9 heteroatoms. The van der Waals surface area contributed by atoms with Crippen molar-refractivity contribution in [3.8, 4) is 0 Å². The normalized spacial score (nSPS) is 0. The first-order chi connectivity index (χ1) is 0. The summed E-state index contributed by atoms with van der Waals surface area (Å²) in [7, 11) is 0. The van der Waals surface area contributed by atoms with Gasteiger partial charge in [-0.1, -0.05) is 0 Å². The fourth-order valence-electron chi connectivity index (χ4n) is 0. The van der Waals surface area contributed by atoms with Crippen LogP contribution in [-0.2, 0) is 16.4 Å². The first-order valence-electron chi connectivity index (χ1n) is 0. The third-order valence-corrected chi connectivity index (χ3v) is 0. The Bertz CT molecular complexity index is 17.8. The monoisotopic (exact) mass is 578 g/mol. The molecular weight excluding hydrogens is 562 g/mol. The molecule has 0 aromatic carbocycles. The summed E-state index contributed by atoms with van der Waals surface area (Å²) in [5.74, 6) is 0. The minimum absolute atomic E-state index is 0. The van der Waals surface area contributed by atoms with Gasteiger partial charge in [0, 0.05) is 0 Å². The van der Waals surface area contributed by atoms with E-state index in [0.29, 0.717) is 0 Å². The van der Waals surface area contributed by atoms with Gasteiger partial charge in [-0.15, -0.1) is 0 Å². The Morgan fingerprint density at radius 2 is 0.444 bits per heavy atom. The predicted octanol–water partition coefficient (Wildman–Crippen LogP) is -6.39. The Morgan fingerprint density at radius 1 is 0.444 bits per heavy atom. The Labute approximate surface area is 140 Å². The summed E-state index contributed by atoms with van der Waals surface area (Å²) >= 11 is 0. The van der Waals surface area contributed by atoms with Crippen molar-refractivity contribution in [1.82, 2.24) is 0 Å². The van der Waals surface area contributed by atoms with Crippen molar-refractivity contribution in [2.24, 2.45) is 0 Å². The van der Waals surface area contributed by atoms with Gasteiger partial charge in [-0.3, -0.25) is 0 Å². The van der Waals surface area contributed by atoms with E-state index in [2.05, 4.69) is 0 Å². The van der Waals surface area contributed by atoms with Crippen molar-refractivity contribution in [2.75, 3.05) is 0 Å². The zero-order valence-corrected chi connectivity index (χ0v) is 7.22. The molecule has 0 aliphatic carbocycles. The van der Waals surface area contributed by atoms with E-state index in [4.69, 9.17) is 0 Å². The van der Waals surface area contributed by atoms with Crippen molar-refractivity contribution in [1.29, 1.82) is 0 Å². The summed E-state index contributed by atoms with van der Waals surface area (Å²) in [6, 6.07) is 0. The third kappa shape index (κ3) is 75.3. The van der Waals surface area contributed by atoms with Crippen LogP contribution in [0.4, 0.5) is 0 Å². The quantitative estimate of drug-likeness (QED) is 0.257. The minimum atomic E-state index is 0. The average Bonchev–Trinajstić information content (AvgIpc) is 0. The molecule has 0 N–H and O–H groups in total. The van der Waals surface area contributed by atoms with Gasteiger partial charge < -0.3 is 16.4 Å². The topological polar surface area (TPSA) is 85.5 Å². The number of hydrogen-bond donors (Lipinski definition) is 0. The average molecular weight is 576 g/mol. The zero-order valence-electron chi connectivity index (χ0n) is 2.38. The van der Waals surface area contributed by atoms with E-state index in [-0.39, 0.29) is 143 Å². The molecule has 0 aromatic heterocycles. The number of rotatable bonds is 0. The molecule has 0 aromatic rings. The Hall–Kier alpha value is 3.98. The van der Waals surface area contributed by atoms with Crippen LogP contribution in [0.2, 0.25) is 0 Å². The standard InChI is InChI=1S/2Ga.2GeH4.2In.3O.6H/h;;2*1H4;;;;;;;;;;;/q2*+3;;;;;3*-2;;;;;;. The smallest absolute Gasteiger partial charge is 2.00 e. The molecule has 52 valence electrons. The van der Waals surface area contributed by atoms with E-state index in [1.165, 1.54) is 0 Å². The molecule has 0 radical (unpaired) electrons. The largest absolute Gasteiger partial charge is 2.00 e. The van der Waals surface area contributed by atoms with E-state index in [1.54, 1.807) is 0 Å². The Kier molecular flexibility index (Phi) is 1190. The van der Waals surface area contributed by atoms with E-state index < -0.39 is 0 Å². The molecule has 0 atom stereocenters. The summed E-state index contributed by atoms with van der Waals surface area (Å²) in [6.07, 6.45) is 0. The van der Waals surface area contributed by atoms with Gasteiger partial charge in [0.1, 0.15) is 0 Å². The van der Waals surface area contributed by atoms with Crippen LogP contribution < -0.4 is 0 Å².